The smallest absolute Gasteiger partial charge is 0.317 e. The summed E-state index contributed by atoms with van der Waals surface area (Å²) in [6, 6.07) is 0. The number of hydrogen-bond donors (Lipinski definition) is 0. The van der Waals surface area contributed by atoms with Gasteiger partial charge in [0.1, 0.15) is 0 Å². The van der Waals surface area contributed by atoms with Crippen molar-refractivity contribution in [3.05, 3.63) is 0 Å². The van der Waals surface area contributed by atoms with Crippen LogP contribution in [0.4, 0.5) is 26.3 Å². The van der Waals surface area contributed by atoms with Crippen molar-refractivity contribution < 1.29 is 35.8 Å². The molecular weight excluding hydrogens is 230 g/mol. The zero-order valence-corrected chi connectivity index (χ0v) is 8.16. The van der Waals surface area contributed by atoms with Crippen LogP contribution in [0.3, 0.4) is 0 Å². The van der Waals surface area contributed by atoms with Crippen molar-refractivity contribution in [1.29, 1.82) is 0 Å². The SMILES string of the molecule is COC(F)(F)C(F)(F)OC(F)(F)C(C)C. The van der Waals surface area contributed by atoms with Crippen molar-refractivity contribution in [1.82, 2.24) is 0 Å². The van der Waals surface area contributed by atoms with E-state index in [0.717, 1.165) is 13.8 Å². The van der Waals surface area contributed by atoms with Gasteiger partial charge >= 0.3 is 18.3 Å². The number of methoxy groups -OCH3 is 1. The lowest BCUT2D eigenvalue weighted by Crippen LogP contribution is -2.49. The third-order valence-electron chi connectivity index (χ3n) is 1.53. The maximum atomic E-state index is 12.6. The Balaban J connectivity index is 4.79. The molecule has 0 aromatic heterocycles. The first-order valence-electron chi connectivity index (χ1n) is 3.85. The summed E-state index contributed by atoms with van der Waals surface area (Å²) >= 11 is 0. The fourth-order valence-corrected chi connectivity index (χ4v) is 0.467. The molecule has 2 nitrogen and oxygen atoms in total. The van der Waals surface area contributed by atoms with Crippen molar-refractivity contribution >= 4 is 0 Å². The Labute approximate surface area is 82.1 Å². The van der Waals surface area contributed by atoms with E-state index in [0.29, 0.717) is 0 Å². The molecule has 92 valence electrons. The van der Waals surface area contributed by atoms with Crippen molar-refractivity contribution in [3.8, 4) is 0 Å². The molecule has 15 heavy (non-hydrogen) atoms. The van der Waals surface area contributed by atoms with E-state index in [4.69, 9.17) is 0 Å². The first kappa shape index (κ1) is 14.5. The Kier molecular flexibility index (Phi) is 4.03. The number of hydrogen-bond acceptors (Lipinski definition) is 2. The minimum atomic E-state index is -5.39. The van der Waals surface area contributed by atoms with Gasteiger partial charge in [-0.3, -0.25) is 0 Å². The van der Waals surface area contributed by atoms with Crippen molar-refractivity contribution in [3.63, 3.8) is 0 Å². The predicted molar refractivity (Wildman–Crippen MR) is 37.8 cm³/mol. The van der Waals surface area contributed by atoms with Gasteiger partial charge in [0.05, 0.1) is 0 Å². The molecule has 0 saturated heterocycles. The highest BCUT2D eigenvalue weighted by atomic mass is 19.3. The molecule has 0 aliphatic heterocycles. The highest BCUT2D eigenvalue weighted by Gasteiger charge is 2.64. The normalized spacial score (nSPS) is 14.8. The molecule has 0 bridgehead atoms. The van der Waals surface area contributed by atoms with Gasteiger partial charge in [-0.2, -0.15) is 26.3 Å². The molecule has 0 aliphatic rings. The predicted octanol–water partition coefficient (Wildman–Crippen LogP) is 3.08. The van der Waals surface area contributed by atoms with Gasteiger partial charge in [-0.1, -0.05) is 13.8 Å². The van der Waals surface area contributed by atoms with Crippen LogP contribution >= 0.6 is 0 Å². The largest absolute Gasteiger partial charge is 0.452 e. The quantitative estimate of drug-likeness (QED) is 0.687. The lowest BCUT2D eigenvalue weighted by atomic mass is 10.2. The Morgan fingerprint density at radius 1 is 0.867 bits per heavy atom. The van der Waals surface area contributed by atoms with Crippen LogP contribution in [0, 0.1) is 5.92 Å². The van der Waals surface area contributed by atoms with Crippen LogP contribution in [0.15, 0.2) is 0 Å². The summed E-state index contributed by atoms with van der Waals surface area (Å²) < 4.78 is 80.7. The molecule has 0 unspecified atom stereocenters. The molecule has 0 radical (unpaired) electrons. The zero-order valence-electron chi connectivity index (χ0n) is 8.16. The second kappa shape index (κ2) is 4.17. The van der Waals surface area contributed by atoms with Crippen LogP contribution in [-0.4, -0.2) is 25.4 Å². The number of halogens is 6. The van der Waals surface area contributed by atoms with Gasteiger partial charge in [0.2, 0.25) is 0 Å². The topological polar surface area (TPSA) is 18.5 Å². The Morgan fingerprint density at radius 3 is 1.53 bits per heavy atom. The Hall–Kier alpha value is -0.500. The van der Waals surface area contributed by atoms with E-state index in [-0.39, 0.29) is 7.11 Å². The molecule has 0 aliphatic carbocycles. The molecule has 0 N–H and O–H groups in total. The summed E-state index contributed by atoms with van der Waals surface area (Å²) in [5.41, 5.74) is 0. The third-order valence-corrected chi connectivity index (χ3v) is 1.53. The molecule has 0 rings (SSSR count). The minimum absolute atomic E-state index is 0.255. The summed E-state index contributed by atoms with van der Waals surface area (Å²) in [6.07, 6.45) is -14.9. The average Bonchev–Trinajstić information content (AvgIpc) is 2.01. The van der Waals surface area contributed by atoms with Crippen LogP contribution in [0.25, 0.3) is 0 Å². The average molecular weight is 240 g/mol. The number of rotatable bonds is 5. The molecule has 0 aromatic carbocycles. The summed E-state index contributed by atoms with van der Waals surface area (Å²) in [5, 5.41) is 0. The second-order valence-electron chi connectivity index (χ2n) is 3.06. The van der Waals surface area contributed by atoms with E-state index in [1.54, 1.807) is 0 Å². The zero-order chi connectivity index (χ0) is 12.5. The van der Waals surface area contributed by atoms with E-state index in [2.05, 4.69) is 9.47 Å². The Bertz CT molecular complexity index is 216. The molecule has 0 aromatic rings. The monoisotopic (exact) mass is 240 g/mol. The van der Waals surface area contributed by atoms with Crippen LogP contribution < -0.4 is 0 Å². The maximum absolute atomic E-state index is 12.6. The lowest BCUT2D eigenvalue weighted by molar-refractivity contribution is -0.483. The molecule has 0 heterocycles. The van der Waals surface area contributed by atoms with Crippen LogP contribution in [-0.2, 0) is 9.47 Å². The highest BCUT2D eigenvalue weighted by Crippen LogP contribution is 2.41. The van der Waals surface area contributed by atoms with E-state index in [1.807, 2.05) is 0 Å². The molecule has 0 saturated carbocycles. The first-order valence-corrected chi connectivity index (χ1v) is 3.85. The fraction of sp³-hybridized carbons (Fsp3) is 1.00. The summed E-state index contributed by atoms with van der Waals surface area (Å²) in [7, 11) is 0.255. The molecule has 8 heteroatoms. The van der Waals surface area contributed by atoms with E-state index in [1.165, 1.54) is 0 Å². The van der Waals surface area contributed by atoms with Gasteiger partial charge < -0.3 is 4.74 Å². The van der Waals surface area contributed by atoms with Crippen LogP contribution in [0.2, 0.25) is 0 Å². The molecule has 0 atom stereocenters. The van der Waals surface area contributed by atoms with Crippen molar-refractivity contribution in [2.75, 3.05) is 7.11 Å². The lowest BCUT2D eigenvalue weighted by Gasteiger charge is -2.29. The fourth-order valence-electron chi connectivity index (χ4n) is 0.467. The summed E-state index contributed by atoms with van der Waals surface area (Å²) in [6.45, 7) is 1.70. The van der Waals surface area contributed by atoms with Crippen molar-refractivity contribution in [2.45, 2.75) is 32.2 Å². The van der Waals surface area contributed by atoms with Gasteiger partial charge in [0.25, 0.3) is 0 Å². The number of ether oxygens (including phenoxy) is 2. The standard InChI is InChI=1S/C7H10F6O2/c1-4(2)5(8,9)15-7(12,13)6(10,11)14-3/h4H,1-3H3. The first-order chi connectivity index (χ1) is 6.46. The second-order valence-corrected chi connectivity index (χ2v) is 3.06. The third kappa shape index (κ3) is 3.23. The molecular formula is C7H10F6O2. The highest BCUT2D eigenvalue weighted by molar-refractivity contribution is 4.70. The van der Waals surface area contributed by atoms with Gasteiger partial charge in [-0.15, -0.1) is 0 Å². The van der Waals surface area contributed by atoms with E-state index < -0.39 is 24.2 Å². The van der Waals surface area contributed by atoms with Gasteiger partial charge in [0, 0.05) is 13.0 Å². The molecule has 0 amide bonds. The van der Waals surface area contributed by atoms with Gasteiger partial charge in [0.15, 0.2) is 0 Å². The Morgan fingerprint density at radius 2 is 1.27 bits per heavy atom. The summed E-state index contributed by atoms with van der Waals surface area (Å²) in [4.78, 5) is 0. The maximum Gasteiger partial charge on any atom is 0.452 e. The minimum Gasteiger partial charge on any atom is -0.317 e. The van der Waals surface area contributed by atoms with Gasteiger partial charge in [-0.05, 0) is 0 Å². The number of alkyl halides is 6. The van der Waals surface area contributed by atoms with E-state index in [9.17, 15) is 26.3 Å². The molecule has 0 fully saturated rings. The van der Waals surface area contributed by atoms with E-state index >= 15 is 0 Å². The summed E-state index contributed by atoms with van der Waals surface area (Å²) in [5.74, 6) is -1.67. The van der Waals surface area contributed by atoms with Gasteiger partial charge in [-0.25, -0.2) is 4.74 Å². The van der Waals surface area contributed by atoms with Crippen LogP contribution in [0.1, 0.15) is 13.8 Å². The molecule has 0 spiro atoms. The van der Waals surface area contributed by atoms with Crippen molar-refractivity contribution in [2.24, 2.45) is 5.92 Å². The van der Waals surface area contributed by atoms with Crippen LogP contribution in [0.5, 0.6) is 0 Å².